The summed E-state index contributed by atoms with van der Waals surface area (Å²) in [6, 6.07) is 53.4. The Hall–Kier alpha value is -4.75. The van der Waals surface area contributed by atoms with Gasteiger partial charge < -0.3 is 37.9 Å². The quantitative estimate of drug-likeness (QED) is 0.0368. The Bertz CT molecular complexity index is 2240. The van der Waals surface area contributed by atoms with Crippen LogP contribution in [0.15, 0.2) is 164 Å². The molecular weight excluding hydrogens is 893 g/mol. The predicted octanol–water partition coefficient (Wildman–Crippen LogP) is 11.6. The Morgan fingerprint density at radius 2 is 0.859 bits per heavy atom. The van der Waals surface area contributed by atoms with Gasteiger partial charge in [-0.1, -0.05) is 162 Å². The molecule has 0 aromatic heterocycles. The smallest absolute Gasteiger partial charge is 0.265 e. The number of ether oxygens (including phenoxy) is 8. The normalized spacial score (nSPS) is 18.8. The minimum Gasteiger partial charge on any atom is -0.497 e. The highest BCUT2D eigenvalue weighted by Gasteiger charge is 2.51. The Morgan fingerprint density at radius 1 is 0.500 bits per heavy atom. The van der Waals surface area contributed by atoms with Crippen LogP contribution in [0, 0.1) is 5.41 Å². The first kappa shape index (κ1) is 47.2. The van der Waals surface area contributed by atoms with E-state index in [1.54, 1.807) is 21.3 Å². The predicted molar refractivity (Wildman–Crippen MR) is 254 cm³/mol. The first-order chi connectivity index (χ1) is 31.1. The maximum Gasteiger partial charge on any atom is 0.265 e. The monoisotopic (exact) mass is 941 g/mol. The highest BCUT2D eigenvalue weighted by atomic mass is 35.6. The van der Waals surface area contributed by atoms with Crippen LogP contribution < -0.4 is 14.2 Å². The molecule has 64 heavy (non-hydrogen) atoms. The molecule has 334 valence electrons. The molecule has 0 amide bonds. The van der Waals surface area contributed by atoms with E-state index >= 15 is 0 Å². The third-order valence-corrected chi connectivity index (χ3v) is 12.8. The number of hydrogen-bond donors (Lipinski definition) is 1. The van der Waals surface area contributed by atoms with E-state index in [-0.39, 0.29) is 26.4 Å². The van der Waals surface area contributed by atoms with Crippen molar-refractivity contribution in [3.63, 3.8) is 0 Å². The first-order valence-electron chi connectivity index (χ1n) is 20.6. The van der Waals surface area contributed by atoms with Crippen molar-refractivity contribution < 1.29 is 37.9 Å². The zero-order valence-corrected chi connectivity index (χ0v) is 38.7. The maximum absolute atomic E-state index is 8.80. The second-order valence-corrected chi connectivity index (χ2v) is 18.6. The fraction of sp³-hybridized carbons (Fsp3) is 0.275. The van der Waals surface area contributed by atoms with Gasteiger partial charge in [0.15, 0.2) is 5.44 Å². The van der Waals surface area contributed by atoms with Crippen molar-refractivity contribution in [2.24, 2.45) is 0 Å². The molecule has 0 saturated carbocycles. The molecule has 5 atom stereocenters. The highest BCUT2D eigenvalue weighted by Crippen LogP contribution is 2.45. The van der Waals surface area contributed by atoms with E-state index in [2.05, 4.69) is 36.4 Å². The molecule has 13 heteroatoms. The van der Waals surface area contributed by atoms with E-state index in [0.29, 0.717) is 11.5 Å². The van der Waals surface area contributed by atoms with Gasteiger partial charge in [0, 0.05) is 0 Å². The SMILES string of the molecule is COc1ccc(CO[C@@H]2[C@@H](OCc3ccc(OC)cc3)[C@@H](OC(=N)C(Cl)(Cl)Cl)S[C@H](COC(c3ccccc3)(c3ccccc3)c3ccccc3)[C@H]2OCc2ccc(OC)cc2)cc1. The molecule has 0 spiro atoms. The fourth-order valence-electron chi connectivity index (χ4n) is 7.58. The third-order valence-electron chi connectivity index (χ3n) is 10.9. The van der Waals surface area contributed by atoms with Crippen LogP contribution in [0.25, 0.3) is 0 Å². The lowest BCUT2D eigenvalue weighted by molar-refractivity contribution is -0.175. The zero-order chi connectivity index (χ0) is 44.9. The lowest BCUT2D eigenvalue weighted by Gasteiger charge is -2.46. The summed E-state index contributed by atoms with van der Waals surface area (Å²) in [4.78, 5) is 0. The van der Waals surface area contributed by atoms with Crippen LogP contribution in [0.5, 0.6) is 17.2 Å². The van der Waals surface area contributed by atoms with Crippen LogP contribution in [0.1, 0.15) is 33.4 Å². The summed E-state index contributed by atoms with van der Waals surface area (Å²) < 4.78 is 48.8. The summed E-state index contributed by atoms with van der Waals surface area (Å²) in [6.45, 7) is 0.666. The average Bonchev–Trinajstić information content (AvgIpc) is 3.34. The van der Waals surface area contributed by atoms with Crippen LogP contribution in [-0.2, 0) is 49.1 Å². The van der Waals surface area contributed by atoms with E-state index < -0.39 is 44.3 Å². The fourth-order valence-corrected chi connectivity index (χ4v) is 9.13. The van der Waals surface area contributed by atoms with Gasteiger partial charge in [-0.3, -0.25) is 5.41 Å². The van der Waals surface area contributed by atoms with Crippen molar-refractivity contribution in [1.82, 2.24) is 0 Å². The van der Waals surface area contributed by atoms with Crippen molar-refractivity contribution in [2.45, 2.75) is 58.2 Å². The Balaban J connectivity index is 1.33. The number of thioether (sulfide) groups is 1. The molecule has 1 N–H and O–H groups in total. The topological polar surface area (TPSA) is 97.7 Å². The number of rotatable bonds is 19. The van der Waals surface area contributed by atoms with Crippen molar-refractivity contribution in [3.8, 4) is 17.2 Å². The summed E-state index contributed by atoms with van der Waals surface area (Å²) in [6.07, 6.45) is -2.37. The maximum atomic E-state index is 8.80. The summed E-state index contributed by atoms with van der Waals surface area (Å²) >= 11 is 20.3. The van der Waals surface area contributed by atoms with E-state index in [4.69, 9.17) is 78.1 Å². The van der Waals surface area contributed by atoms with Crippen LogP contribution >= 0.6 is 46.6 Å². The zero-order valence-electron chi connectivity index (χ0n) is 35.6. The Kier molecular flexibility index (Phi) is 16.6. The molecule has 6 aromatic rings. The number of benzene rings is 6. The largest absolute Gasteiger partial charge is 0.497 e. The first-order valence-corrected chi connectivity index (χ1v) is 22.7. The molecule has 0 bridgehead atoms. The van der Waals surface area contributed by atoms with Gasteiger partial charge in [0.25, 0.3) is 3.79 Å². The molecule has 0 unspecified atom stereocenters. The molecule has 1 saturated heterocycles. The summed E-state index contributed by atoms with van der Waals surface area (Å²) in [5, 5.41) is 8.29. The number of nitrogens with one attached hydrogen (secondary N) is 1. The number of methoxy groups -OCH3 is 3. The molecule has 0 aliphatic carbocycles. The average molecular weight is 943 g/mol. The number of hydrogen-bond acceptors (Lipinski definition) is 10. The number of alkyl halides is 3. The molecule has 1 fully saturated rings. The van der Waals surface area contributed by atoms with Gasteiger partial charge in [-0.25, -0.2) is 0 Å². The summed E-state index contributed by atoms with van der Waals surface area (Å²) in [5.41, 5.74) is 3.47. The van der Waals surface area contributed by atoms with Crippen molar-refractivity contribution in [1.29, 1.82) is 5.41 Å². The van der Waals surface area contributed by atoms with Gasteiger partial charge in [0.05, 0.1) is 53.0 Å². The third kappa shape index (κ3) is 11.7. The molecule has 6 aromatic carbocycles. The van der Waals surface area contributed by atoms with Crippen LogP contribution in [0.4, 0.5) is 0 Å². The van der Waals surface area contributed by atoms with Crippen molar-refractivity contribution in [3.05, 3.63) is 197 Å². The summed E-state index contributed by atoms with van der Waals surface area (Å²) in [5.74, 6) is 1.59. The van der Waals surface area contributed by atoms with E-state index in [0.717, 1.165) is 39.1 Å². The van der Waals surface area contributed by atoms with E-state index in [1.807, 2.05) is 127 Å². The van der Waals surface area contributed by atoms with E-state index in [1.165, 1.54) is 11.8 Å². The lowest BCUT2D eigenvalue weighted by Crippen LogP contribution is -2.58. The van der Waals surface area contributed by atoms with Gasteiger partial charge in [-0.05, 0) is 69.8 Å². The lowest BCUT2D eigenvalue weighted by atomic mass is 9.80. The highest BCUT2D eigenvalue weighted by molar-refractivity contribution is 8.00. The second kappa shape index (κ2) is 22.4. The minimum absolute atomic E-state index is 0.116. The van der Waals surface area contributed by atoms with Gasteiger partial charge >= 0.3 is 0 Å². The minimum atomic E-state index is -2.16. The number of halogens is 3. The van der Waals surface area contributed by atoms with Crippen LogP contribution in [-0.4, -0.2) is 66.6 Å². The Morgan fingerprint density at radius 3 is 1.22 bits per heavy atom. The van der Waals surface area contributed by atoms with Crippen LogP contribution in [0.2, 0.25) is 0 Å². The molecular formula is C51H50Cl3NO8S. The second-order valence-electron chi connectivity index (χ2n) is 14.9. The standard InChI is InChI=1S/C51H50Cl3NO8S/c1-56-41-25-19-35(20-26-41)31-59-45-44(34-62-50(38-13-7-4-8-14-38,39-15-9-5-10-16-39)40-17-11-6-12-18-40)64-48(63-49(55)51(52,53)54)47(61-33-37-23-29-43(58-3)30-24-37)46(45)60-32-36-21-27-42(57-2)28-22-36/h4-30,44-48,55H,31-34H2,1-3H3/t44-,45-,46+,47-,48+/m1/s1. The van der Waals surface area contributed by atoms with Gasteiger partial charge in [-0.2, -0.15) is 0 Å². The van der Waals surface area contributed by atoms with Crippen molar-refractivity contribution >= 4 is 52.5 Å². The Labute approximate surface area is 394 Å². The van der Waals surface area contributed by atoms with Gasteiger partial charge in [-0.15, -0.1) is 11.8 Å². The molecule has 7 rings (SSSR count). The van der Waals surface area contributed by atoms with Crippen molar-refractivity contribution in [2.75, 3.05) is 27.9 Å². The molecule has 9 nitrogen and oxygen atoms in total. The van der Waals surface area contributed by atoms with Crippen LogP contribution in [0.3, 0.4) is 0 Å². The molecule has 1 aliphatic rings. The summed E-state index contributed by atoms with van der Waals surface area (Å²) in [7, 11) is 4.88. The van der Waals surface area contributed by atoms with Gasteiger partial charge in [0.1, 0.15) is 41.2 Å². The molecule has 0 radical (unpaired) electrons. The molecule has 1 aliphatic heterocycles. The van der Waals surface area contributed by atoms with E-state index in [9.17, 15) is 0 Å². The molecule has 1 heterocycles. The van der Waals surface area contributed by atoms with Gasteiger partial charge in [0.2, 0.25) is 5.90 Å².